The molecule has 0 radical (unpaired) electrons. The van der Waals surface area contributed by atoms with E-state index in [2.05, 4.69) is 11.4 Å². The minimum atomic E-state index is -0.870. The van der Waals surface area contributed by atoms with Crippen LogP contribution < -0.4 is 5.32 Å². The van der Waals surface area contributed by atoms with Crippen molar-refractivity contribution in [3.63, 3.8) is 0 Å². The zero-order valence-electron chi connectivity index (χ0n) is 12.1. The van der Waals surface area contributed by atoms with Crippen molar-refractivity contribution >= 4 is 5.91 Å². The Balaban J connectivity index is 3.71. The van der Waals surface area contributed by atoms with E-state index in [1.54, 1.807) is 13.8 Å². The summed E-state index contributed by atoms with van der Waals surface area (Å²) in [5.41, 5.74) is -0.870. The number of unbranched alkanes of at least 4 members (excludes halogenated alkanes) is 1. The van der Waals surface area contributed by atoms with Crippen molar-refractivity contribution < 1.29 is 9.90 Å². The van der Waals surface area contributed by atoms with Crippen molar-refractivity contribution in [2.75, 3.05) is 6.54 Å². The van der Waals surface area contributed by atoms with Crippen LogP contribution in [-0.2, 0) is 4.79 Å². The van der Waals surface area contributed by atoms with E-state index in [0.29, 0.717) is 0 Å². The summed E-state index contributed by atoms with van der Waals surface area (Å²) in [6, 6.07) is 0. The first-order valence-electron chi connectivity index (χ1n) is 6.57. The maximum atomic E-state index is 11.4. The molecule has 0 aliphatic carbocycles. The molecule has 0 aromatic carbocycles. The van der Waals surface area contributed by atoms with Crippen LogP contribution in [0.15, 0.2) is 48.6 Å². The Morgan fingerprint density at radius 3 is 2.37 bits per heavy atom. The molecular formula is C16H25NO2. The summed E-state index contributed by atoms with van der Waals surface area (Å²) in [5, 5.41) is 12.1. The van der Waals surface area contributed by atoms with Gasteiger partial charge in [0.15, 0.2) is 0 Å². The van der Waals surface area contributed by atoms with Crippen molar-refractivity contribution in [2.24, 2.45) is 0 Å². The summed E-state index contributed by atoms with van der Waals surface area (Å²) < 4.78 is 0. The lowest BCUT2D eigenvalue weighted by Crippen LogP contribution is -2.37. The second kappa shape index (κ2) is 10.3. The molecule has 0 aromatic heterocycles. The molecular weight excluding hydrogens is 238 g/mol. The third kappa shape index (κ3) is 14.3. The van der Waals surface area contributed by atoms with Crippen LogP contribution in [-0.4, -0.2) is 23.2 Å². The second-order valence-corrected chi connectivity index (χ2v) is 4.85. The molecule has 0 fully saturated rings. The smallest absolute Gasteiger partial charge is 0.243 e. The third-order valence-electron chi connectivity index (χ3n) is 2.13. The molecule has 0 bridgehead atoms. The van der Waals surface area contributed by atoms with E-state index in [9.17, 15) is 9.90 Å². The first kappa shape index (κ1) is 17.4. The number of amides is 1. The van der Waals surface area contributed by atoms with E-state index in [-0.39, 0.29) is 12.5 Å². The lowest BCUT2D eigenvalue weighted by atomic mass is 10.1. The van der Waals surface area contributed by atoms with Crippen LogP contribution in [0.1, 0.15) is 33.6 Å². The van der Waals surface area contributed by atoms with Gasteiger partial charge in [0, 0.05) is 6.54 Å². The van der Waals surface area contributed by atoms with Crippen LogP contribution in [0, 0.1) is 0 Å². The van der Waals surface area contributed by atoms with Crippen LogP contribution in [0.25, 0.3) is 0 Å². The Morgan fingerprint density at radius 1 is 1.11 bits per heavy atom. The van der Waals surface area contributed by atoms with Gasteiger partial charge >= 0.3 is 0 Å². The fourth-order valence-electron chi connectivity index (χ4n) is 1.16. The average Bonchev–Trinajstić information content (AvgIpc) is 2.33. The van der Waals surface area contributed by atoms with Crippen molar-refractivity contribution in [2.45, 2.75) is 39.2 Å². The van der Waals surface area contributed by atoms with E-state index in [1.165, 1.54) is 6.08 Å². The molecule has 0 rings (SSSR count). The molecule has 0 heterocycles. The number of hydrogen-bond donors (Lipinski definition) is 2. The van der Waals surface area contributed by atoms with Gasteiger partial charge in [-0.05, 0) is 39.7 Å². The predicted octanol–water partition coefficient (Wildman–Crippen LogP) is 2.90. The minimum absolute atomic E-state index is 0.168. The van der Waals surface area contributed by atoms with Crippen molar-refractivity contribution in [1.29, 1.82) is 0 Å². The molecule has 0 saturated carbocycles. The Morgan fingerprint density at radius 2 is 1.74 bits per heavy atom. The SMILES string of the molecule is C/C=C/C=C/C=C/CCC=CC(=O)NCC(C)(C)O. The number of carbonyl (C=O) groups excluding carboxylic acids is 1. The average molecular weight is 263 g/mol. The Hall–Kier alpha value is -1.61. The molecule has 2 N–H and O–H groups in total. The maximum Gasteiger partial charge on any atom is 0.243 e. The van der Waals surface area contributed by atoms with Crippen LogP contribution in [0.4, 0.5) is 0 Å². The van der Waals surface area contributed by atoms with Gasteiger partial charge in [-0.25, -0.2) is 0 Å². The van der Waals surface area contributed by atoms with E-state index in [1.807, 2.05) is 43.4 Å². The van der Waals surface area contributed by atoms with Crippen LogP contribution in [0.3, 0.4) is 0 Å². The number of aliphatic hydroxyl groups is 1. The van der Waals surface area contributed by atoms with Gasteiger partial charge in [-0.2, -0.15) is 0 Å². The monoisotopic (exact) mass is 263 g/mol. The molecule has 3 nitrogen and oxygen atoms in total. The largest absolute Gasteiger partial charge is 0.389 e. The van der Waals surface area contributed by atoms with Gasteiger partial charge < -0.3 is 10.4 Å². The lowest BCUT2D eigenvalue weighted by Gasteiger charge is -2.16. The Kier molecular flexibility index (Phi) is 9.45. The molecule has 0 unspecified atom stereocenters. The highest BCUT2D eigenvalue weighted by molar-refractivity contribution is 5.87. The molecule has 19 heavy (non-hydrogen) atoms. The van der Waals surface area contributed by atoms with Crippen LogP contribution in [0.2, 0.25) is 0 Å². The second-order valence-electron chi connectivity index (χ2n) is 4.85. The molecule has 0 spiro atoms. The summed E-state index contributed by atoms with van der Waals surface area (Å²) >= 11 is 0. The predicted molar refractivity (Wildman–Crippen MR) is 80.8 cm³/mol. The van der Waals surface area contributed by atoms with Gasteiger partial charge in [-0.15, -0.1) is 0 Å². The highest BCUT2D eigenvalue weighted by Gasteiger charge is 2.12. The lowest BCUT2D eigenvalue weighted by molar-refractivity contribution is -0.117. The quantitative estimate of drug-likeness (QED) is 0.402. The van der Waals surface area contributed by atoms with Gasteiger partial charge in [0.25, 0.3) is 0 Å². The molecule has 0 atom stereocenters. The first-order chi connectivity index (χ1) is 8.95. The topological polar surface area (TPSA) is 49.3 Å². The van der Waals surface area contributed by atoms with E-state index >= 15 is 0 Å². The molecule has 0 aromatic rings. The molecule has 1 amide bonds. The zero-order valence-corrected chi connectivity index (χ0v) is 12.1. The standard InChI is InChI=1S/C16H25NO2/c1-4-5-6-7-8-9-10-11-12-13-15(18)17-14-16(2,3)19/h4-9,12-13,19H,10-11,14H2,1-3H3,(H,17,18)/b5-4+,7-6+,9-8+,13-12?. The third-order valence-corrected chi connectivity index (χ3v) is 2.13. The number of carbonyl (C=O) groups is 1. The molecule has 0 aliphatic rings. The fraction of sp³-hybridized carbons (Fsp3) is 0.438. The minimum Gasteiger partial charge on any atom is -0.389 e. The summed E-state index contributed by atoms with van der Waals surface area (Å²) in [5.74, 6) is -0.168. The van der Waals surface area contributed by atoms with Crippen LogP contribution in [0.5, 0.6) is 0 Å². The van der Waals surface area contributed by atoms with Crippen molar-refractivity contribution in [3.05, 3.63) is 48.6 Å². The van der Waals surface area contributed by atoms with Gasteiger partial charge in [0.2, 0.25) is 5.91 Å². The zero-order chi connectivity index (χ0) is 14.6. The van der Waals surface area contributed by atoms with Crippen molar-refractivity contribution in [3.8, 4) is 0 Å². The highest BCUT2D eigenvalue weighted by atomic mass is 16.3. The number of nitrogens with one attached hydrogen (secondary N) is 1. The first-order valence-corrected chi connectivity index (χ1v) is 6.57. The fourth-order valence-corrected chi connectivity index (χ4v) is 1.16. The highest BCUT2D eigenvalue weighted by Crippen LogP contribution is 1.97. The van der Waals surface area contributed by atoms with E-state index < -0.39 is 5.60 Å². The van der Waals surface area contributed by atoms with Gasteiger partial charge in [-0.3, -0.25) is 4.79 Å². The van der Waals surface area contributed by atoms with E-state index in [4.69, 9.17) is 0 Å². The summed E-state index contributed by atoms with van der Waals surface area (Å²) in [4.78, 5) is 11.4. The Bertz CT molecular complexity index is 357. The summed E-state index contributed by atoms with van der Waals surface area (Å²) in [6.07, 6.45) is 17.0. The van der Waals surface area contributed by atoms with E-state index in [0.717, 1.165) is 12.8 Å². The maximum absolute atomic E-state index is 11.4. The number of rotatable bonds is 8. The normalized spacial score (nSPS) is 13.3. The molecule has 0 saturated heterocycles. The number of hydrogen-bond acceptors (Lipinski definition) is 2. The number of allylic oxidation sites excluding steroid dienone is 7. The molecule has 3 heteroatoms. The summed E-state index contributed by atoms with van der Waals surface area (Å²) in [6.45, 7) is 5.54. The van der Waals surface area contributed by atoms with Gasteiger partial charge in [-0.1, -0.05) is 42.5 Å². The summed E-state index contributed by atoms with van der Waals surface area (Å²) in [7, 11) is 0. The molecule has 0 aliphatic heterocycles. The van der Waals surface area contributed by atoms with Gasteiger partial charge in [0.1, 0.15) is 0 Å². The Labute approximate surface area is 116 Å². The molecule has 106 valence electrons. The van der Waals surface area contributed by atoms with Gasteiger partial charge in [0.05, 0.1) is 5.60 Å². The van der Waals surface area contributed by atoms with Crippen LogP contribution >= 0.6 is 0 Å². The van der Waals surface area contributed by atoms with Crippen molar-refractivity contribution in [1.82, 2.24) is 5.32 Å².